The monoisotopic (exact) mass is 296 g/mol. The summed E-state index contributed by atoms with van der Waals surface area (Å²) in [6.45, 7) is 0. The molecule has 9 heteroatoms. The molecule has 0 aliphatic heterocycles. The molecule has 21 heavy (non-hydrogen) atoms. The van der Waals surface area contributed by atoms with Gasteiger partial charge in [0.15, 0.2) is 11.6 Å². The molecule has 108 valence electrons. The Morgan fingerprint density at radius 2 is 2.00 bits per heavy atom. The van der Waals surface area contributed by atoms with E-state index in [1.165, 1.54) is 0 Å². The van der Waals surface area contributed by atoms with Crippen molar-refractivity contribution in [2.45, 2.75) is 0 Å². The van der Waals surface area contributed by atoms with Crippen LogP contribution in [0.25, 0.3) is 0 Å². The summed E-state index contributed by atoms with van der Waals surface area (Å²) in [7, 11) is 0. The zero-order chi connectivity index (χ0) is 15.6. The standard InChI is InChI=1S/C12H6F2N2O5/c13-7-4-10(8(14)3-9(7)16(19)20)21-11-2-1-6(5-15-11)12(17)18/h1-5H,(H,17,18). The maximum atomic E-state index is 13.6. The van der Waals surface area contributed by atoms with E-state index >= 15 is 0 Å². The third-order valence-electron chi connectivity index (χ3n) is 2.40. The number of nitrogens with zero attached hydrogens (tertiary/aromatic N) is 2. The Kier molecular flexibility index (Phi) is 3.74. The van der Waals surface area contributed by atoms with E-state index in [2.05, 4.69) is 4.98 Å². The van der Waals surface area contributed by atoms with Gasteiger partial charge in [0.2, 0.25) is 11.7 Å². The Morgan fingerprint density at radius 1 is 1.29 bits per heavy atom. The molecule has 0 unspecified atom stereocenters. The Hall–Kier alpha value is -3.10. The minimum absolute atomic E-state index is 0.113. The minimum Gasteiger partial charge on any atom is -0.478 e. The van der Waals surface area contributed by atoms with Crippen molar-refractivity contribution >= 4 is 11.7 Å². The van der Waals surface area contributed by atoms with E-state index < -0.39 is 34.0 Å². The largest absolute Gasteiger partial charge is 0.478 e. The van der Waals surface area contributed by atoms with Crippen molar-refractivity contribution in [2.75, 3.05) is 0 Å². The molecule has 0 radical (unpaired) electrons. The van der Waals surface area contributed by atoms with Gasteiger partial charge < -0.3 is 9.84 Å². The number of aromatic nitrogens is 1. The lowest BCUT2D eigenvalue weighted by Crippen LogP contribution is -1.99. The third-order valence-corrected chi connectivity index (χ3v) is 2.40. The summed E-state index contributed by atoms with van der Waals surface area (Å²) >= 11 is 0. The lowest BCUT2D eigenvalue weighted by atomic mass is 10.2. The molecule has 1 heterocycles. The number of rotatable bonds is 4. The number of aromatic carboxylic acids is 1. The van der Waals surface area contributed by atoms with Crippen molar-refractivity contribution in [1.29, 1.82) is 0 Å². The van der Waals surface area contributed by atoms with Crippen molar-refractivity contribution in [3.8, 4) is 11.6 Å². The van der Waals surface area contributed by atoms with Crippen molar-refractivity contribution in [1.82, 2.24) is 4.98 Å². The highest BCUT2D eigenvalue weighted by atomic mass is 19.1. The quantitative estimate of drug-likeness (QED) is 0.687. The molecule has 0 bridgehead atoms. The molecule has 1 aromatic carbocycles. The highest BCUT2D eigenvalue weighted by molar-refractivity contribution is 5.87. The predicted octanol–water partition coefficient (Wildman–Crippen LogP) is 2.76. The van der Waals surface area contributed by atoms with E-state index in [0.717, 1.165) is 18.3 Å². The van der Waals surface area contributed by atoms with Crippen LogP contribution in [0.15, 0.2) is 30.5 Å². The maximum Gasteiger partial charge on any atom is 0.337 e. The van der Waals surface area contributed by atoms with Gasteiger partial charge in [-0.05, 0) is 6.07 Å². The summed E-state index contributed by atoms with van der Waals surface area (Å²) in [6, 6.07) is 3.20. The van der Waals surface area contributed by atoms with Crippen molar-refractivity contribution < 1.29 is 28.3 Å². The smallest absolute Gasteiger partial charge is 0.337 e. The second-order valence-electron chi connectivity index (χ2n) is 3.78. The van der Waals surface area contributed by atoms with Gasteiger partial charge in [-0.2, -0.15) is 4.39 Å². The zero-order valence-corrected chi connectivity index (χ0v) is 10.1. The number of hydrogen-bond acceptors (Lipinski definition) is 5. The van der Waals surface area contributed by atoms with E-state index in [1.807, 2.05) is 0 Å². The van der Waals surface area contributed by atoms with Crippen LogP contribution in [0.2, 0.25) is 0 Å². The van der Waals surface area contributed by atoms with E-state index in [4.69, 9.17) is 9.84 Å². The molecule has 2 aromatic rings. The highest BCUT2D eigenvalue weighted by Gasteiger charge is 2.20. The topological polar surface area (TPSA) is 103 Å². The average Bonchev–Trinajstić information content (AvgIpc) is 2.42. The molecule has 0 saturated heterocycles. The summed E-state index contributed by atoms with van der Waals surface area (Å²) in [4.78, 5) is 23.6. The summed E-state index contributed by atoms with van der Waals surface area (Å²) < 4.78 is 31.9. The average molecular weight is 296 g/mol. The van der Waals surface area contributed by atoms with Crippen LogP contribution in [0.5, 0.6) is 11.6 Å². The van der Waals surface area contributed by atoms with Crippen LogP contribution >= 0.6 is 0 Å². The van der Waals surface area contributed by atoms with E-state index in [-0.39, 0.29) is 11.4 Å². The van der Waals surface area contributed by atoms with E-state index in [0.29, 0.717) is 12.1 Å². The summed E-state index contributed by atoms with van der Waals surface area (Å²) in [5, 5.41) is 19.1. The number of benzene rings is 1. The molecule has 0 fully saturated rings. The molecular formula is C12H6F2N2O5. The van der Waals surface area contributed by atoms with Gasteiger partial charge >= 0.3 is 11.7 Å². The molecule has 0 amide bonds. The van der Waals surface area contributed by atoms with Gasteiger partial charge in [-0.15, -0.1) is 0 Å². The molecule has 1 aromatic heterocycles. The lowest BCUT2D eigenvalue weighted by molar-refractivity contribution is -0.387. The Bertz CT molecular complexity index is 718. The van der Waals surface area contributed by atoms with Crippen LogP contribution in [0.4, 0.5) is 14.5 Å². The van der Waals surface area contributed by atoms with Crippen LogP contribution < -0.4 is 4.74 Å². The number of carbonyl (C=O) groups is 1. The second-order valence-corrected chi connectivity index (χ2v) is 3.78. The van der Waals surface area contributed by atoms with Gasteiger partial charge in [0, 0.05) is 18.3 Å². The van der Waals surface area contributed by atoms with Gasteiger partial charge in [0.1, 0.15) is 0 Å². The summed E-state index contributed by atoms with van der Waals surface area (Å²) in [6.07, 6.45) is 0.970. The fraction of sp³-hybridized carbons (Fsp3) is 0. The Morgan fingerprint density at radius 3 is 2.52 bits per heavy atom. The maximum absolute atomic E-state index is 13.6. The number of ether oxygens (including phenoxy) is 1. The predicted molar refractivity (Wildman–Crippen MR) is 64.3 cm³/mol. The number of carboxylic acid groups (broad SMARTS) is 1. The molecule has 0 saturated carbocycles. The van der Waals surface area contributed by atoms with E-state index in [9.17, 15) is 23.7 Å². The molecule has 7 nitrogen and oxygen atoms in total. The fourth-order valence-electron chi connectivity index (χ4n) is 1.42. The molecular weight excluding hydrogens is 290 g/mol. The SMILES string of the molecule is O=C(O)c1ccc(Oc2cc(F)c([N+](=O)[O-])cc2F)nc1. The molecule has 0 aliphatic carbocycles. The van der Waals surface area contributed by atoms with Gasteiger partial charge in [-0.1, -0.05) is 0 Å². The number of carboxylic acids is 1. The van der Waals surface area contributed by atoms with Gasteiger partial charge in [-0.25, -0.2) is 14.2 Å². The number of nitro groups is 1. The Labute approximate surface area is 115 Å². The Balaban J connectivity index is 2.29. The minimum atomic E-state index is -1.27. The van der Waals surface area contributed by atoms with Crippen LogP contribution in [-0.4, -0.2) is 21.0 Å². The molecule has 0 atom stereocenters. The zero-order valence-electron chi connectivity index (χ0n) is 10.1. The van der Waals surface area contributed by atoms with Crippen LogP contribution in [0, 0.1) is 21.7 Å². The highest BCUT2D eigenvalue weighted by Crippen LogP contribution is 2.29. The molecule has 0 spiro atoms. The van der Waals surface area contributed by atoms with Gasteiger partial charge in [0.25, 0.3) is 0 Å². The molecule has 2 rings (SSSR count). The summed E-state index contributed by atoms with van der Waals surface area (Å²) in [5.74, 6) is -4.41. The number of nitro benzene ring substituents is 1. The van der Waals surface area contributed by atoms with Gasteiger partial charge in [-0.3, -0.25) is 10.1 Å². The van der Waals surface area contributed by atoms with Crippen molar-refractivity contribution in [3.05, 3.63) is 57.8 Å². The summed E-state index contributed by atoms with van der Waals surface area (Å²) in [5.41, 5.74) is -1.13. The third kappa shape index (κ3) is 3.08. The first-order valence-corrected chi connectivity index (χ1v) is 5.39. The van der Waals surface area contributed by atoms with Crippen LogP contribution in [-0.2, 0) is 0 Å². The number of halogens is 2. The second kappa shape index (κ2) is 5.49. The molecule has 1 N–H and O–H groups in total. The van der Waals surface area contributed by atoms with E-state index in [1.54, 1.807) is 0 Å². The van der Waals surface area contributed by atoms with Crippen molar-refractivity contribution in [2.24, 2.45) is 0 Å². The lowest BCUT2D eigenvalue weighted by Gasteiger charge is -2.06. The van der Waals surface area contributed by atoms with Crippen LogP contribution in [0.1, 0.15) is 10.4 Å². The number of pyridine rings is 1. The van der Waals surface area contributed by atoms with Crippen LogP contribution in [0.3, 0.4) is 0 Å². The first-order valence-electron chi connectivity index (χ1n) is 5.39. The number of hydrogen-bond donors (Lipinski definition) is 1. The van der Waals surface area contributed by atoms with Gasteiger partial charge in [0.05, 0.1) is 16.6 Å². The molecule has 0 aliphatic rings. The first-order chi connectivity index (χ1) is 9.88. The first kappa shape index (κ1) is 14.3. The normalized spacial score (nSPS) is 10.2. The fourth-order valence-corrected chi connectivity index (χ4v) is 1.42. The van der Waals surface area contributed by atoms with Crippen molar-refractivity contribution in [3.63, 3.8) is 0 Å².